The van der Waals surface area contributed by atoms with Gasteiger partial charge in [0.2, 0.25) is 0 Å². The average Bonchev–Trinajstić information content (AvgIpc) is 3.33. The molecule has 1 aromatic heterocycles. The molecule has 6 aromatic rings. The number of fused-ring (bicyclic) bond motifs is 6. The highest BCUT2D eigenvalue weighted by Gasteiger charge is 2.35. The van der Waals surface area contributed by atoms with Gasteiger partial charge in [-0.3, -0.25) is 0 Å². The molecule has 2 nitrogen and oxygen atoms in total. The number of para-hydroxylation sites is 2. The van der Waals surface area contributed by atoms with E-state index in [2.05, 4.69) is 146 Å². The third-order valence-electron chi connectivity index (χ3n) is 7.99. The van der Waals surface area contributed by atoms with E-state index in [-0.39, 0.29) is 5.41 Å². The zero-order chi connectivity index (χ0) is 24.4. The van der Waals surface area contributed by atoms with E-state index in [9.17, 15) is 0 Å². The summed E-state index contributed by atoms with van der Waals surface area (Å²) in [6.07, 6.45) is 0. The Labute approximate surface area is 212 Å². The number of nitrogens with zero attached hydrogens (tertiary/aromatic N) is 2. The van der Waals surface area contributed by atoms with Gasteiger partial charge in [-0.1, -0.05) is 80.6 Å². The summed E-state index contributed by atoms with van der Waals surface area (Å²) in [5, 5.41) is 2.57. The van der Waals surface area contributed by atoms with Crippen LogP contribution in [0, 0.1) is 0 Å². The van der Waals surface area contributed by atoms with Crippen molar-refractivity contribution in [3.63, 3.8) is 0 Å². The van der Waals surface area contributed by atoms with Crippen LogP contribution in [0.1, 0.15) is 25.0 Å². The summed E-state index contributed by atoms with van der Waals surface area (Å²) in [5.74, 6) is 0. The van der Waals surface area contributed by atoms with E-state index in [0.29, 0.717) is 0 Å². The van der Waals surface area contributed by atoms with Crippen LogP contribution in [0.3, 0.4) is 0 Å². The van der Waals surface area contributed by atoms with Crippen molar-refractivity contribution in [2.45, 2.75) is 19.3 Å². The molecule has 174 valence electrons. The third-order valence-corrected chi connectivity index (χ3v) is 7.99. The van der Waals surface area contributed by atoms with Crippen molar-refractivity contribution in [3.05, 3.63) is 126 Å². The molecule has 0 unspecified atom stereocenters. The van der Waals surface area contributed by atoms with Crippen LogP contribution in [0.15, 0.2) is 115 Å². The molecule has 2 heteroatoms. The topological polar surface area (TPSA) is 8.17 Å². The molecule has 0 atom stereocenters. The molecule has 0 bridgehead atoms. The van der Waals surface area contributed by atoms with Gasteiger partial charge in [0.05, 0.1) is 0 Å². The van der Waals surface area contributed by atoms with Crippen molar-refractivity contribution < 1.29 is 0 Å². The first-order valence-corrected chi connectivity index (χ1v) is 12.6. The van der Waals surface area contributed by atoms with Gasteiger partial charge in [-0.2, -0.15) is 0 Å². The van der Waals surface area contributed by atoms with E-state index in [1.807, 2.05) is 0 Å². The highest BCUT2D eigenvalue weighted by atomic mass is 15.1. The van der Waals surface area contributed by atoms with E-state index in [0.717, 1.165) is 5.69 Å². The van der Waals surface area contributed by atoms with Gasteiger partial charge < -0.3 is 9.47 Å². The Hall–Kier alpha value is -4.30. The molecular formula is C34H28N2. The fourth-order valence-corrected chi connectivity index (χ4v) is 6.15. The summed E-state index contributed by atoms with van der Waals surface area (Å²) >= 11 is 0. The van der Waals surface area contributed by atoms with Gasteiger partial charge in [0.25, 0.3) is 0 Å². The van der Waals surface area contributed by atoms with Gasteiger partial charge in [0.15, 0.2) is 0 Å². The second kappa shape index (κ2) is 7.60. The molecule has 0 radical (unpaired) electrons. The Morgan fingerprint density at radius 1 is 0.528 bits per heavy atom. The molecule has 0 amide bonds. The van der Waals surface area contributed by atoms with Crippen molar-refractivity contribution in [2.75, 3.05) is 4.90 Å². The maximum atomic E-state index is 2.40. The molecule has 36 heavy (non-hydrogen) atoms. The third kappa shape index (κ3) is 2.91. The highest BCUT2D eigenvalue weighted by molar-refractivity contribution is 6.09. The Bertz CT molecular complexity index is 1770. The van der Waals surface area contributed by atoms with E-state index in [1.165, 1.54) is 55.4 Å². The standard InChI is InChI=1S/C34H28N2/c1-34(2)30-15-9-7-13-26(30)27-19-17-25(22-31(27)34)36(23-11-5-4-6-12-23)24-18-20-33-29(21-24)28-14-8-10-16-32(28)35(33)3/h4-22H,1-3H3. The number of benzene rings is 5. The zero-order valence-electron chi connectivity index (χ0n) is 20.9. The van der Waals surface area contributed by atoms with Crippen LogP contribution in [0.2, 0.25) is 0 Å². The molecule has 0 spiro atoms. The van der Waals surface area contributed by atoms with Crippen LogP contribution in [0.25, 0.3) is 32.9 Å². The van der Waals surface area contributed by atoms with Gasteiger partial charge in [-0.15, -0.1) is 0 Å². The first-order chi connectivity index (χ1) is 17.5. The molecule has 0 aliphatic heterocycles. The highest BCUT2D eigenvalue weighted by Crippen LogP contribution is 2.50. The number of hydrogen-bond acceptors (Lipinski definition) is 1. The predicted molar refractivity (Wildman–Crippen MR) is 153 cm³/mol. The number of hydrogen-bond donors (Lipinski definition) is 0. The van der Waals surface area contributed by atoms with E-state index < -0.39 is 0 Å². The van der Waals surface area contributed by atoms with E-state index in [1.54, 1.807) is 0 Å². The van der Waals surface area contributed by atoms with Crippen molar-refractivity contribution in [1.82, 2.24) is 4.57 Å². The summed E-state index contributed by atoms with van der Waals surface area (Å²) < 4.78 is 2.29. The molecular weight excluding hydrogens is 436 g/mol. The lowest BCUT2D eigenvalue weighted by Crippen LogP contribution is -2.16. The average molecular weight is 465 g/mol. The van der Waals surface area contributed by atoms with Crippen molar-refractivity contribution in [1.29, 1.82) is 0 Å². The quantitative estimate of drug-likeness (QED) is 0.253. The Kier molecular flexibility index (Phi) is 4.44. The molecule has 7 rings (SSSR count). The lowest BCUT2D eigenvalue weighted by molar-refractivity contribution is 0.660. The van der Waals surface area contributed by atoms with Crippen LogP contribution >= 0.6 is 0 Å². The van der Waals surface area contributed by atoms with Gasteiger partial charge in [0, 0.05) is 51.3 Å². The second-order valence-corrected chi connectivity index (χ2v) is 10.3. The summed E-state index contributed by atoms with van der Waals surface area (Å²) in [6.45, 7) is 4.69. The second-order valence-electron chi connectivity index (χ2n) is 10.3. The maximum absolute atomic E-state index is 2.40. The molecule has 1 aliphatic carbocycles. The zero-order valence-corrected chi connectivity index (χ0v) is 20.9. The van der Waals surface area contributed by atoms with Crippen LogP contribution in [-0.4, -0.2) is 4.57 Å². The predicted octanol–water partition coefficient (Wildman–Crippen LogP) is 9.11. The van der Waals surface area contributed by atoms with Gasteiger partial charge >= 0.3 is 0 Å². The Morgan fingerprint density at radius 3 is 2.03 bits per heavy atom. The fraction of sp³-hybridized carbons (Fsp3) is 0.118. The monoisotopic (exact) mass is 464 g/mol. The molecule has 0 saturated carbocycles. The van der Waals surface area contributed by atoms with Gasteiger partial charge in [-0.05, 0) is 70.8 Å². The summed E-state index contributed by atoms with van der Waals surface area (Å²) in [4.78, 5) is 2.39. The minimum atomic E-state index is -0.0378. The molecule has 0 N–H and O–H groups in total. The fourth-order valence-electron chi connectivity index (χ4n) is 6.15. The van der Waals surface area contributed by atoms with Crippen LogP contribution in [-0.2, 0) is 12.5 Å². The number of anilines is 3. The normalized spacial score (nSPS) is 13.6. The Morgan fingerprint density at radius 2 is 1.17 bits per heavy atom. The smallest absolute Gasteiger partial charge is 0.0490 e. The number of aromatic nitrogens is 1. The van der Waals surface area contributed by atoms with Crippen LogP contribution in [0.5, 0.6) is 0 Å². The lowest BCUT2D eigenvalue weighted by Gasteiger charge is -2.28. The van der Waals surface area contributed by atoms with Crippen molar-refractivity contribution >= 4 is 38.9 Å². The molecule has 1 heterocycles. The first kappa shape index (κ1) is 21.0. The first-order valence-electron chi connectivity index (χ1n) is 12.6. The van der Waals surface area contributed by atoms with Gasteiger partial charge in [-0.25, -0.2) is 0 Å². The van der Waals surface area contributed by atoms with Crippen molar-refractivity contribution in [2.24, 2.45) is 7.05 Å². The minimum absolute atomic E-state index is 0.0378. The van der Waals surface area contributed by atoms with Crippen molar-refractivity contribution in [3.8, 4) is 11.1 Å². The van der Waals surface area contributed by atoms with Crippen LogP contribution < -0.4 is 4.90 Å². The summed E-state index contributed by atoms with van der Waals surface area (Å²) in [6, 6.07) is 42.0. The molecule has 0 fully saturated rings. The Balaban J connectivity index is 1.45. The largest absolute Gasteiger partial charge is 0.344 e. The summed E-state index contributed by atoms with van der Waals surface area (Å²) in [7, 11) is 2.15. The minimum Gasteiger partial charge on any atom is -0.344 e. The number of rotatable bonds is 3. The summed E-state index contributed by atoms with van der Waals surface area (Å²) in [5.41, 5.74) is 11.5. The molecule has 5 aromatic carbocycles. The number of aryl methyl sites for hydroxylation is 1. The van der Waals surface area contributed by atoms with E-state index >= 15 is 0 Å². The maximum Gasteiger partial charge on any atom is 0.0490 e. The molecule has 0 saturated heterocycles. The van der Waals surface area contributed by atoms with E-state index in [4.69, 9.17) is 0 Å². The van der Waals surface area contributed by atoms with Gasteiger partial charge in [0.1, 0.15) is 0 Å². The van der Waals surface area contributed by atoms with Crippen LogP contribution in [0.4, 0.5) is 17.1 Å². The lowest BCUT2D eigenvalue weighted by atomic mass is 9.82. The SMILES string of the molecule is Cn1c2ccccc2c2cc(N(c3ccccc3)c3ccc4c(c3)C(C)(C)c3ccccc3-4)ccc21. The molecule has 1 aliphatic rings.